The van der Waals surface area contributed by atoms with Crippen molar-refractivity contribution >= 4 is 11.8 Å². The molecular formula is C26H34Br2F22N4O6. The van der Waals surface area contributed by atoms with Gasteiger partial charge in [0.25, 0.3) is 11.8 Å². The summed E-state index contributed by atoms with van der Waals surface area (Å²) in [6.45, 7) is -1.61. The van der Waals surface area contributed by atoms with Crippen molar-refractivity contribution in [1.29, 1.82) is 0 Å². The first-order valence-electron chi connectivity index (χ1n) is 15.5. The predicted octanol–water partition coefficient (Wildman–Crippen LogP) is 0.873. The van der Waals surface area contributed by atoms with Crippen LogP contribution in [0.3, 0.4) is 0 Å². The molecule has 2 amide bonds. The second-order valence-electron chi connectivity index (χ2n) is 13.2. The fraction of sp³-hybridized carbons (Fsp3) is 0.923. The summed E-state index contributed by atoms with van der Waals surface area (Å²) in [5.41, 5.74) is 0. The lowest BCUT2D eigenvalue weighted by molar-refractivity contribution is -0.896. The van der Waals surface area contributed by atoms with E-state index < -0.39 is 86.1 Å². The Labute approximate surface area is 344 Å². The molecule has 0 spiro atoms. The molecule has 0 aliphatic carbocycles. The third-order valence-electron chi connectivity index (χ3n) is 7.24. The van der Waals surface area contributed by atoms with E-state index >= 15 is 0 Å². The summed E-state index contributed by atoms with van der Waals surface area (Å²) in [5.74, 6) is -18.9. The highest BCUT2D eigenvalue weighted by Crippen LogP contribution is 2.48. The quantitative estimate of drug-likeness (QED) is 0.0899. The molecule has 0 saturated heterocycles. The summed E-state index contributed by atoms with van der Waals surface area (Å²) in [5, 5.41) is 2.31. The van der Waals surface area contributed by atoms with E-state index in [1.54, 1.807) is 9.47 Å². The molecular weight excluding hydrogens is 1040 g/mol. The third-order valence-corrected chi connectivity index (χ3v) is 7.24. The minimum Gasteiger partial charge on any atom is -1.00 e. The zero-order chi connectivity index (χ0) is 46.5. The highest BCUT2D eigenvalue weighted by Gasteiger charge is 2.76. The molecule has 2 unspecified atom stereocenters. The molecule has 10 nitrogen and oxygen atoms in total. The second kappa shape index (κ2) is 21.2. The van der Waals surface area contributed by atoms with Crippen LogP contribution in [-0.2, 0) is 28.5 Å². The first-order chi connectivity index (χ1) is 25.3. The van der Waals surface area contributed by atoms with Crippen LogP contribution in [0, 0.1) is 0 Å². The molecule has 0 bridgehead atoms. The summed E-state index contributed by atoms with van der Waals surface area (Å²) < 4.78 is 294. The molecule has 60 heavy (non-hydrogen) atoms. The van der Waals surface area contributed by atoms with Gasteiger partial charge in [0.2, 0.25) is 0 Å². The molecule has 0 saturated carbocycles. The van der Waals surface area contributed by atoms with E-state index in [-0.39, 0.29) is 81.9 Å². The molecule has 2 N–H and O–H groups in total. The van der Waals surface area contributed by atoms with Gasteiger partial charge in [0, 0.05) is 38.8 Å². The Kier molecular flexibility index (Phi) is 22.1. The lowest BCUT2D eigenvalue weighted by atomic mass is 10.2. The monoisotopic (exact) mass is 1070 g/mol. The number of halogens is 24. The van der Waals surface area contributed by atoms with Crippen LogP contribution < -0.4 is 44.6 Å². The van der Waals surface area contributed by atoms with E-state index in [0.717, 1.165) is 10.6 Å². The number of rotatable bonds is 23. The van der Waals surface area contributed by atoms with Crippen LogP contribution in [-0.4, -0.2) is 149 Å². The average molecular weight is 1080 g/mol. The Morgan fingerprint density at radius 3 is 0.833 bits per heavy atom. The molecule has 0 aliphatic heterocycles. The number of nitrogens with zero attached hydrogens (tertiary/aromatic N) is 2. The molecule has 34 heteroatoms. The van der Waals surface area contributed by atoms with Crippen LogP contribution in [0.15, 0.2) is 0 Å². The first kappa shape index (κ1) is 62.4. The van der Waals surface area contributed by atoms with Gasteiger partial charge in [-0.2, -0.15) is 70.2 Å². The highest BCUT2D eigenvalue weighted by molar-refractivity contribution is 5.85. The van der Waals surface area contributed by atoms with Gasteiger partial charge < -0.3 is 53.6 Å². The van der Waals surface area contributed by atoms with Gasteiger partial charge in [-0.05, 0) is 0 Å². The van der Waals surface area contributed by atoms with Crippen molar-refractivity contribution in [3.63, 3.8) is 0 Å². The van der Waals surface area contributed by atoms with Crippen molar-refractivity contribution in [2.24, 2.45) is 0 Å². The summed E-state index contributed by atoms with van der Waals surface area (Å²) in [6.07, 6.45) is -54.8. The van der Waals surface area contributed by atoms with Crippen LogP contribution in [0.4, 0.5) is 96.6 Å². The maximum absolute atomic E-state index is 14.4. The summed E-state index contributed by atoms with van der Waals surface area (Å²) in [7, 11) is 6.01. The Hall–Kier alpha value is -1.88. The number of ether oxygens (including phenoxy) is 4. The van der Waals surface area contributed by atoms with Gasteiger partial charge in [-0.25, -0.2) is 9.47 Å². The first-order valence-corrected chi connectivity index (χ1v) is 15.5. The smallest absolute Gasteiger partial charge is 0.527 e. The van der Waals surface area contributed by atoms with E-state index in [4.69, 9.17) is 0 Å². The van der Waals surface area contributed by atoms with Crippen LogP contribution in [0.5, 0.6) is 0 Å². The zero-order valence-corrected chi connectivity index (χ0v) is 33.7. The lowest BCUT2D eigenvalue weighted by Gasteiger charge is -2.34. The van der Waals surface area contributed by atoms with Gasteiger partial charge in [0.15, 0.2) is 0 Å². The van der Waals surface area contributed by atoms with E-state index in [2.05, 4.69) is 9.47 Å². The van der Waals surface area contributed by atoms with Gasteiger partial charge >= 0.3 is 61.2 Å². The number of unbranched alkanes of at least 4 members (excludes halogenated alkanes) is 1. The maximum atomic E-state index is 14.4. The number of hydrogen-bond donors (Lipinski definition) is 2. The van der Waals surface area contributed by atoms with Gasteiger partial charge in [-0.15, -0.1) is 26.3 Å². The van der Waals surface area contributed by atoms with Crippen molar-refractivity contribution in [2.75, 3.05) is 67.5 Å². The van der Waals surface area contributed by atoms with Crippen LogP contribution in [0.1, 0.15) is 25.7 Å². The molecule has 0 radical (unpaired) electrons. The van der Waals surface area contributed by atoms with Crippen LogP contribution in [0.2, 0.25) is 0 Å². The van der Waals surface area contributed by atoms with Crippen molar-refractivity contribution in [3.8, 4) is 0 Å². The van der Waals surface area contributed by atoms with Gasteiger partial charge in [0.05, 0.1) is 54.4 Å². The summed E-state index contributed by atoms with van der Waals surface area (Å²) in [4.78, 5) is 23.6. The number of carbonyl (C=O) groups is 2. The molecule has 0 heterocycles. The Morgan fingerprint density at radius 1 is 0.400 bits per heavy atom. The van der Waals surface area contributed by atoms with Crippen LogP contribution in [0.25, 0.3) is 0 Å². The van der Waals surface area contributed by atoms with E-state index in [1.165, 1.54) is 28.2 Å². The van der Waals surface area contributed by atoms with Crippen molar-refractivity contribution in [3.05, 3.63) is 0 Å². The zero-order valence-electron chi connectivity index (χ0n) is 30.5. The standard InChI is InChI=1S/C26H32F22N4O6.2BrH/c1-51(2,13-7-9-49-15(53)17(27,19(29,30)31)55-21(35,36)23(39,40)57-25(43,44)45)11-5-6-12-52(3,4)14-8-10-50-16(54)18(28,20(32,33)34)56-22(37,38)24(41,42)58-26(46,47)48;;/h5-14H2,1-4H3;2*1H. The average Bonchev–Trinajstić information content (AvgIpc) is 2.95. The number of quaternary nitrogens is 2. The molecule has 2 atom stereocenters. The molecule has 0 aliphatic rings. The minimum absolute atomic E-state index is 0. The normalized spacial score (nSPS) is 16.2. The Bertz CT molecular complexity index is 1270. The Balaban J connectivity index is -0.0000162. The number of nitrogens with one attached hydrogen (secondary N) is 2. The Morgan fingerprint density at radius 2 is 0.617 bits per heavy atom. The number of hydrogen-bond acceptors (Lipinski definition) is 6. The number of amides is 2. The largest absolute Gasteiger partial charge is 1.00 e. The summed E-state index contributed by atoms with van der Waals surface area (Å²) >= 11 is 0. The maximum Gasteiger partial charge on any atom is 0.527 e. The molecule has 362 valence electrons. The SMILES string of the molecule is C[N+](C)(CCCC[N+](C)(C)CCCNC(=O)C(F)(OC(F)(F)C(F)(F)OC(F)(F)F)C(F)(F)F)CCCNC(=O)C(F)(OC(F)(F)C(F)(F)OC(F)(F)F)C(F)(F)F.[Br-].[Br-]. The molecule has 0 aromatic heterocycles. The van der Waals surface area contributed by atoms with Gasteiger partial charge in [0.1, 0.15) is 0 Å². The van der Waals surface area contributed by atoms with Crippen molar-refractivity contribution in [2.45, 2.75) is 86.9 Å². The number of alkyl halides is 22. The molecule has 0 rings (SSSR count). The van der Waals surface area contributed by atoms with Crippen LogP contribution >= 0.6 is 0 Å². The molecule has 0 aromatic carbocycles. The number of carbonyl (C=O) groups excluding carboxylic acids is 2. The van der Waals surface area contributed by atoms with E-state index in [9.17, 15) is 106 Å². The minimum atomic E-state index is -7.00. The predicted molar refractivity (Wildman–Crippen MR) is 144 cm³/mol. The third kappa shape index (κ3) is 18.8. The fourth-order valence-corrected chi connectivity index (χ4v) is 4.30. The van der Waals surface area contributed by atoms with E-state index in [0.29, 0.717) is 12.8 Å². The van der Waals surface area contributed by atoms with E-state index in [1.807, 2.05) is 0 Å². The topological polar surface area (TPSA) is 95.1 Å². The summed E-state index contributed by atoms with van der Waals surface area (Å²) in [6, 6.07) is 0. The van der Waals surface area contributed by atoms with Crippen molar-refractivity contribution < 1.29 is 168 Å². The van der Waals surface area contributed by atoms with Gasteiger partial charge in [-0.1, -0.05) is 0 Å². The molecule has 0 fully saturated rings. The van der Waals surface area contributed by atoms with Crippen molar-refractivity contribution in [1.82, 2.24) is 10.6 Å². The second-order valence-corrected chi connectivity index (χ2v) is 13.2. The fourth-order valence-electron chi connectivity index (χ4n) is 4.30. The highest BCUT2D eigenvalue weighted by atomic mass is 79.9. The molecule has 0 aromatic rings. The van der Waals surface area contributed by atoms with Gasteiger partial charge in [-0.3, -0.25) is 19.1 Å². The lowest BCUT2D eigenvalue weighted by Crippen LogP contribution is -3.00.